The minimum atomic E-state index is -0.250. The summed E-state index contributed by atoms with van der Waals surface area (Å²) < 4.78 is 13.0. The normalized spacial score (nSPS) is 12.6. The first-order valence-corrected chi connectivity index (χ1v) is 4.80. The summed E-state index contributed by atoms with van der Waals surface area (Å²) in [6.45, 7) is 3.88. The molecular formula is C11H16FNO. The fourth-order valence-corrected chi connectivity index (χ4v) is 1.33. The molecule has 0 bridgehead atoms. The van der Waals surface area contributed by atoms with Crippen molar-refractivity contribution in [1.29, 1.82) is 0 Å². The summed E-state index contributed by atoms with van der Waals surface area (Å²) in [4.78, 5) is 0. The Balaban J connectivity index is 2.75. The van der Waals surface area contributed by atoms with Crippen LogP contribution < -0.4 is 5.32 Å². The number of benzene rings is 1. The van der Waals surface area contributed by atoms with E-state index in [1.165, 1.54) is 12.1 Å². The van der Waals surface area contributed by atoms with Crippen LogP contribution in [-0.4, -0.2) is 17.8 Å². The topological polar surface area (TPSA) is 32.3 Å². The predicted molar refractivity (Wildman–Crippen MR) is 55.9 cm³/mol. The molecule has 0 heterocycles. The number of halogens is 1. The van der Waals surface area contributed by atoms with E-state index >= 15 is 0 Å². The summed E-state index contributed by atoms with van der Waals surface area (Å²) in [7, 11) is 0. The van der Waals surface area contributed by atoms with E-state index in [-0.39, 0.29) is 18.5 Å². The van der Waals surface area contributed by atoms with E-state index in [2.05, 4.69) is 5.32 Å². The van der Waals surface area contributed by atoms with Gasteiger partial charge < -0.3 is 10.4 Å². The van der Waals surface area contributed by atoms with Gasteiger partial charge in [0.25, 0.3) is 0 Å². The van der Waals surface area contributed by atoms with Crippen LogP contribution in [0.3, 0.4) is 0 Å². The lowest BCUT2D eigenvalue weighted by atomic mass is 10.2. The van der Waals surface area contributed by atoms with E-state index in [0.29, 0.717) is 0 Å². The molecule has 2 N–H and O–H groups in total. The Morgan fingerprint density at radius 1 is 1.43 bits per heavy atom. The lowest BCUT2D eigenvalue weighted by Crippen LogP contribution is -2.22. The minimum absolute atomic E-state index is 0.00352. The highest BCUT2D eigenvalue weighted by atomic mass is 19.1. The number of aryl methyl sites for hydroxylation is 1. The Hall–Kier alpha value is -1.09. The molecule has 1 unspecified atom stereocenters. The first kappa shape index (κ1) is 11.0. The molecule has 78 valence electrons. The molecule has 0 saturated carbocycles. The molecule has 0 radical (unpaired) electrons. The summed E-state index contributed by atoms with van der Waals surface area (Å²) in [5.41, 5.74) is 1.60. The first-order chi connectivity index (χ1) is 6.65. The average Bonchev–Trinajstić information content (AvgIpc) is 2.12. The standard InChI is InChI=1S/C11H16FNO/c1-3-10(7-14)13-11-5-8(2)4-9(12)6-11/h4-6,10,13-14H,3,7H2,1-2H3. The summed E-state index contributed by atoms with van der Waals surface area (Å²) in [5.74, 6) is -0.250. The SMILES string of the molecule is CCC(CO)Nc1cc(C)cc(F)c1. The first-order valence-electron chi connectivity index (χ1n) is 4.80. The molecule has 0 spiro atoms. The summed E-state index contributed by atoms with van der Waals surface area (Å²) in [6.07, 6.45) is 0.812. The van der Waals surface area contributed by atoms with Gasteiger partial charge in [0.15, 0.2) is 0 Å². The molecule has 1 aromatic rings. The lowest BCUT2D eigenvalue weighted by molar-refractivity contribution is 0.272. The van der Waals surface area contributed by atoms with Crippen LogP contribution in [0.25, 0.3) is 0 Å². The number of aliphatic hydroxyl groups excluding tert-OH is 1. The molecular weight excluding hydrogens is 181 g/mol. The van der Waals surface area contributed by atoms with Crippen LogP contribution >= 0.6 is 0 Å². The third-order valence-corrected chi connectivity index (χ3v) is 2.13. The molecule has 0 amide bonds. The zero-order valence-electron chi connectivity index (χ0n) is 8.55. The zero-order chi connectivity index (χ0) is 10.6. The van der Waals surface area contributed by atoms with Crippen molar-refractivity contribution in [3.05, 3.63) is 29.6 Å². The smallest absolute Gasteiger partial charge is 0.125 e. The van der Waals surface area contributed by atoms with E-state index in [0.717, 1.165) is 17.7 Å². The number of rotatable bonds is 4. The van der Waals surface area contributed by atoms with Crippen molar-refractivity contribution in [1.82, 2.24) is 0 Å². The van der Waals surface area contributed by atoms with Gasteiger partial charge in [0.1, 0.15) is 5.82 Å². The Kier molecular flexibility index (Phi) is 3.89. The highest BCUT2D eigenvalue weighted by Crippen LogP contribution is 2.14. The van der Waals surface area contributed by atoms with Gasteiger partial charge in [-0.3, -0.25) is 0 Å². The van der Waals surface area contributed by atoms with E-state index in [1.807, 2.05) is 19.9 Å². The molecule has 2 nitrogen and oxygen atoms in total. The molecule has 0 fully saturated rings. The maximum Gasteiger partial charge on any atom is 0.125 e. The van der Waals surface area contributed by atoms with Gasteiger partial charge in [-0.05, 0) is 37.1 Å². The van der Waals surface area contributed by atoms with Gasteiger partial charge in [-0.2, -0.15) is 0 Å². The van der Waals surface area contributed by atoms with Crippen molar-refractivity contribution < 1.29 is 9.50 Å². The van der Waals surface area contributed by atoms with Crippen LogP contribution in [0.5, 0.6) is 0 Å². The van der Waals surface area contributed by atoms with Crippen LogP contribution in [0, 0.1) is 12.7 Å². The van der Waals surface area contributed by atoms with Gasteiger partial charge >= 0.3 is 0 Å². The van der Waals surface area contributed by atoms with Crippen LogP contribution in [-0.2, 0) is 0 Å². The van der Waals surface area contributed by atoms with E-state index < -0.39 is 0 Å². The second-order valence-corrected chi connectivity index (χ2v) is 3.45. The van der Waals surface area contributed by atoms with E-state index in [9.17, 15) is 4.39 Å². The van der Waals surface area contributed by atoms with E-state index in [1.54, 1.807) is 0 Å². The van der Waals surface area contributed by atoms with Crippen molar-refractivity contribution >= 4 is 5.69 Å². The Bertz CT molecular complexity index is 277. The fraction of sp³-hybridized carbons (Fsp3) is 0.455. The largest absolute Gasteiger partial charge is 0.394 e. The van der Waals surface area contributed by atoms with Gasteiger partial charge in [-0.15, -0.1) is 0 Å². The monoisotopic (exact) mass is 197 g/mol. The summed E-state index contributed by atoms with van der Waals surface area (Å²) in [6, 6.07) is 4.77. The zero-order valence-corrected chi connectivity index (χ0v) is 8.55. The van der Waals surface area contributed by atoms with Crippen LogP contribution in [0.15, 0.2) is 18.2 Å². The maximum absolute atomic E-state index is 13.0. The number of aliphatic hydroxyl groups is 1. The number of anilines is 1. The molecule has 1 atom stereocenters. The highest BCUT2D eigenvalue weighted by molar-refractivity contribution is 5.46. The highest BCUT2D eigenvalue weighted by Gasteiger charge is 2.04. The Morgan fingerprint density at radius 3 is 2.64 bits per heavy atom. The van der Waals surface area contributed by atoms with Crippen molar-refractivity contribution in [2.24, 2.45) is 0 Å². The molecule has 0 aliphatic rings. The number of hydrogen-bond acceptors (Lipinski definition) is 2. The second-order valence-electron chi connectivity index (χ2n) is 3.45. The molecule has 0 aliphatic carbocycles. The average molecular weight is 197 g/mol. The summed E-state index contributed by atoms with van der Waals surface area (Å²) >= 11 is 0. The maximum atomic E-state index is 13.0. The van der Waals surface area contributed by atoms with Crippen molar-refractivity contribution in [2.45, 2.75) is 26.3 Å². The Labute approximate surface area is 83.8 Å². The third-order valence-electron chi connectivity index (χ3n) is 2.13. The molecule has 1 rings (SSSR count). The van der Waals surface area contributed by atoms with Crippen LogP contribution in [0.1, 0.15) is 18.9 Å². The van der Waals surface area contributed by atoms with Gasteiger partial charge in [0, 0.05) is 11.7 Å². The van der Waals surface area contributed by atoms with Crippen molar-refractivity contribution in [3.63, 3.8) is 0 Å². The molecule has 0 saturated heterocycles. The number of hydrogen-bond donors (Lipinski definition) is 2. The van der Waals surface area contributed by atoms with Gasteiger partial charge in [-0.25, -0.2) is 4.39 Å². The van der Waals surface area contributed by atoms with Crippen LogP contribution in [0.4, 0.5) is 10.1 Å². The fourth-order valence-electron chi connectivity index (χ4n) is 1.33. The van der Waals surface area contributed by atoms with Gasteiger partial charge in [0.2, 0.25) is 0 Å². The number of nitrogens with one attached hydrogen (secondary N) is 1. The minimum Gasteiger partial charge on any atom is -0.394 e. The quantitative estimate of drug-likeness (QED) is 0.776. The molecule has 0 aliphatic heterocycles. The Morgan fingerprint density at radius 2 is 2.14 bits per heavy atom. The third kappa shape index (κ3) is 3.00. The van der Waals surface area contributed by atoms with Crippen LogP contribution in [0.2, 0.25) is 0 Å². The van der Waals surface area contributed by atoms with Crippen molar-refractivity contribution in [3.8, 4) is 0 Å². The molecule has 1 aromatic carbocycles. The van der Waals surface area contributed by atoms with Gasteiger partial charge in [0.05, 0.1) is 6.61 Å². The molecule has 3 heteroatoms. The predicted octanol–water partition coefficient (Wildman–Crippen LogP) is 2.32. The second kappa shape index (κ2) is 4.96. The lowest BCUT2D eigenvalue weighted by Gasteiger charge is -2.15. The summed E-state index contributed by atoms with van der Waals surface area (Å²) in [5, 5.41) is 12.0. The molecule has 14 heavy (non-hydrogen) atoms. The van der Waals surface area contributed by atoms with Crippen molar-refractivity contribution in [2.75, 3.05) is 11.9 Å². The van der Waals surface area contributed by atoms with E-state index in [4.69, 9.17) is 5.11 Å². The molecule has 0 aromatic heterocycles. The van der Waals surface area contributed by atoms with Gasteiger partial charge in [-0.1, -0.05) is 6.92 Å².